The Labute approximate surface area is 103 Å². The average Bonchev–Trinajstić information content (AvgIpc) is 2.35. The van der Waals surface area contributed by atoms with E-state index in [1.54, 1.807) is 4.90 Å². The second kappa shape index (κ2) is 6.93. The molecule has 0 bridgehead atoms. The first-order chi connectivity index (χ1) is 8.05. The number of carbonyl (C=O) groups excluding carboxylic acids is 1. The number of nitrogens with one attached hydrogen (secondary N) is 2. The van der Waals surface area contributed by atoms with Crippen molar-refractivity contribution in [1.82, 2.24) is 14.9 Å². The van der Waals surface area contributed by atoms with E-state index in [1.165, 1.54) is 0 Å². The van der Waals surface area contributed by atoms with E-state index in [4.69, 9.17) is 0 Å². The number of rotatable bonds is 6. The molecule has 0 radical (unpaired) electrons. The Balaban J connectivity index is 2.31. The molecule has 1 aliphatic heterocycles. The quantitative estimate of drug-likeness (QED) is 0.653. The van der Waals surface area contributed by atoms with Crippen molar-refractivity contribution in [2.75, 3.05) is 38.5 Å². The van der Waals surface area contributed by atoms with Crippen LogP contribution in [0.2, 0.25) is 0 Å². The summed E-state index contributed by atoms with van der Waals surface area (Å²) in [5, 5.41) is 3.14. The third-order valence-corrected chi connectivity index (χ3v) is 4.09. The van der Waals surface area contributed by atoms with Gasteiger partial charge in [-0.1, -0.05) is 13.3 Å². The van der Waals surface area contributed by atoms with Crippen molar-refractivity contribution in [2.45, 2.75) is 19.8 Å². The number of unbranched alkanes of at least 4 members (excludes halogenated alkanes) is 1. The number of piperazine rings is 1. The highest BCUT2D eigenvalue weighted by atomic mass is 32.2. The molecule has 7 heteroatoms. The lowest BCUT2D eigenvalue weighted by Gasteiger charge is -2.27. The van der Waals surface area contributed by atoms with Crippen LogP contribution < -0.4 is 10.0 Å². The number of hydrogen-bond acceptors (Lipinski definition) is 4. The standard InChI is InChI=1S/C10H21N3O3S/c1-2-3-8-17(15,16)12-9-10(14)13-6-4-11-5-7-13/h11-12H,2-9H2,1H3. The summed E-state index contributed by atoms with van der Waals surface area (Å²) in [7, 11) is -3.29. The maximum Gasteiger partial charge on any atom is 0.237 e. The van der Waals surface area contributed by atoms with Crippen LogP contribution in [0.4, 0.5) is 0 Å². The minimum atomic E-state index is -3.29. The second-order valence-corrected chi connectivity index (χ2v) is 6.05. The Hall–Kier alpha value is -0.660. The first-order valence-corrected chi connectivity index (χ1v) is 7.66. The van der Waals surface area contributed by atoms with E-state index in [9.17, 15) is 13.2 Å². The van der Waals surface area contributed by atoms with Gasteiger partial charge in [-0.05, 0) is 6.42 Å². The fourth-order valence-corrected chi connectivity index (χ4v) is 2.76. The van der Waals surface area contributed by atoms with Crippen LogP contribution in [0.3, 0.4) is 0 Å². The maximum absolute atomic E-state index is 11.7. The third kappa shape index (κ3) is 5.47. The minimum Gasteiger partial charge on any atom is -0.339 e. The zero-order valence-corrected chi connectivity index (χ0v) is 11.1. The molecule has 1 saturated heterocycles. The highest BCUT2D eigenvalue weighted by Gasteiger charge is 2.18. The summed E-state index contributed by atoms with van der Waals surface area (Å²) in [5.74, 6) is -0.0511. The second-order valence-electron chi connectivity index (χ2n) is 4.12. The number of amides is 1. The summed E-state index contributed by atoms with van der Waals surface area (Å²) >= 11 is 0. The molecule has 17 heavy (non-hydrogen) atoms. The molecule has 1 heterocycles. The van der Waals surface area contributed by atoms with Gasteiger partial charge < -0.3 is 10.2 Å². The van der Waals surface area contributed by atoms with E-state index in [-0.39, 0.29) is 18.2 Å². The van der Waals surface area contributed by atoms with Gasteiger partial charge in [-0.2, -0.15) is 0 Å². The predicted molar refractivity (Wildman–Crippen MR) is 66.1 cm³/mol. The highest BCUT2D eigenvalue weighted by Crippen LogP contribution is 1.96. The van der Waals surface area contributed by atoms with Gasteiger partial charge in [0, 0.05) is 26.2 Å². The number of nitrogens with zero attached hydrogens (tertiary/aromatic N) is 1. The molecular formula is C10H21N3O3S. The van der Waals surface area contributed by atoms with Crippen molar-refractivity contribution < 1.29 is 13.2 Å². The van der Waals surface area contributed by atoms with Crippen LogP contribution in [0.15, 0.2) is 0 Å². The normalized spacial score (nSPS) is 17.1. The lowest BCUT2D eigenvalue weighted by Crippen LogP contribution is -2.49. The predicted octanol–water partition coefficient (Wildman–Crippen LogP) is -0.862. The van der Waals surface area contributed by atoms with Crippen molar-refractivity contribution in [1.29, 1.82) is 0 Å². The SMILES string of the molecule is CCCCS(=O)(=O)NCC(=O)N1CCNCC1. The summed E-state index contributed by atoms with van der Waals surface area (Å²) in [5.41, 5.74) is 0. The lowest BCUT2D eigenvalue weighted by molar-refractivity contribution is -0.130. The van der Waals surface area contributed by atoms with Gasteiger partial charge in [-0.15, -0.1) is 0 Å². The fourth-order valence-electron chi connectivity index (χ4n) is 1.60. The molecule has 6 nitrogen and oxygen atoms in total. The molecule has 100 valence electrons. The van der Waals surface area contributed by atoms with Crippen molar-refractivity contribution in [3.05, 3.63) is 0 Å². The van der Waals surface area contributed by atoms with Crippen molar-refractivity contribution in [3.8, 4) is 0 Å². The van der Waals surface area contributed by atoms with Gasteiger partial charge in [0.2, 0.25) is 15.9 Å². The molecule has 0 aliphatic carbocycles. The zero-order valence-electron chi connectivity index (χ0n) is 10.2. The molecule has 1 rings (SSSR count). The lowest BCUT2D eigenvalue weighted by atomic mass is 10.3. The van der Waals surface area contributed by atoms with Crippen LogP contribution in [0, 0.1) is 0 Å². The molecule has 0 atom stereocenters. The van der Waals surface area contributed by atoms with Crippen LogP contribution in [0.25, 0.3) is 0 Å². The Morgan fingerprint density at radius 3 is 2.59 bits per heavy atom. The van der Waals surface area contributed by atoms with E-state index < -0.39 is 10.0 Å². The summed E-state index contributed by atoms with van der Waals surface area (Å²) < 4.78 is 25.3. The number of sulfonamides is 1. The van der Waals surface area contributed by atoms with Gasteiger partial charge in [0.05, 0.1) is 12.3 Å². The van der Waals surface area contributed by atoms with Gasteiger partial charge in [-0.25, -0.2) is 13.1 Å². The topological polar surface area (TPSA) is 78.5 Å². The highest BCUT2D eigenvalue weighted by molar-refractivity contribution is 7.89. The summed E-state index contributed by atoms with van der Waals surface area (Å²) in [4.78, 5) is 13.4. The van der Waals surface area contributed by atoms with Gasteiger partial charge >= 0.3 is 0 Å². The van der Waals surface area contributed by atoms with Crippen molar-refractivity contribution in [3.63, 3.8) is 0 Å². The molecule has 0 unspecified atom stereocenters. The molecular weight excluding hydrogens is 242 g/mol. The monoisotopic (exact) mass is 263 g/mol. The average molecular weight is 263 g/mol. The molecule has 1 aliphatic rings. The molecule has 1 fully saturated rings. The van der Waals surface area contributed by atoms with E-state index >= 15 is 0 Å². The fraction of sp³-hybridized carbons (Fsp3) is 0.900. The number of carbonyl (C=O) groups is 1. The Kier molecular flexibility index (Phi) is 5.87. The minimum absolute atomic E-state index is 0.0956. The first kappa shape index (κ1) is 14.4. The zero-order chi connectivity index (χ0) is 12.7. The summed E-state index contributed by atoms with van der Waals surface area (Å²) in [6.45, 7) is 4.65. The Morgan fingerprint density at radius 2 is 2.00 bits per heavy atom. The largest absolute Gasteiger partial charge is 0.339 e. The Morgan fingerprint density at radius 1 is 1.35 bits per heavy atom. The van der Waals surface area contributed by atoms with Crippen LogP contribution in [-0.2, 0) is 14.8 Å². The van der Waals surface area contributed by atoms with Crippen molar-refractivity contribution >= 4 is 15.9 Å². The molecule has 0 aromatic rings. The Bertz CT molecular complexity index is 337. The van der Waals surface area contributed by atoms with Crippen LogP contribution in [0.1, 0.15) is 19.8 Å². The smallest absolute Gasteiger partial charge is 0.237 e. The molecule has 2 N–H and O–H groups in total. The van der Waals surface area contributed by atoms with Crippen LogP contribution in [0.5, 0.6) is 0 Å². The van der Waals surface area contributed by atoms with Crippen LogP contribution in [-0.4, -0.2) is 57.7 Å². The van der Waals surface area contributed by atoms with Gasteiger partial charge in [-0.3, -0.25) is 4.79 Å². The maximum atomic E-state index is 11.7. The summed E-state index contributed by atoms with van der Waals surface area (Å²) in [6.07, 6.45) is 1.45. The molecule has 1 amide bonds. The molecule has 0 spiro atoms. The van der Waals surface area contributed by atoms with Crippen LogP contribution >= 0.6 is 0 Å². The van der Waals surface area contributed by atoms with Gasteiger partial charge in [0.15, 0.2) is 0 Å². The third-order valence-electron chi connectivity index (χ3n) is 2.68. The van der Waals surface area contributed by atoms with E-state index in [2.05, 4.69) is 10.0 Å². The van der Waals surface area contributed by atoms with Crippen molar-refractivity contribution in [2.24, 2.45) is 0 Å². The van der Waals surface area contributed by atoms with E-state index in [1.807, 2.05) is 6.92 Å². The van der Waals surface area contributed by atoms with Gasteiger partial charge in [0.1, 0.15) is 0 Å². The molecule has 0 saturated carbocycles. The van der Waals surface area contributed by atoms with Gasteiger partial charge in [0.25, 0.3) is 0 Å². The summed E-state index contributed by atoms with van der Waals surface area (Å²) in [6, 6.07) is 0. The van der Waals surface area contributed by atoms with E-state index in [0.717, 1.165) is 19.5 Å². The molecule has 0 aromatic carbocycles. The van der Waals surface area contributed by atoms with E-state index in [0.29, 0.717) is 19.5 Å². The number of hydrogen-bond donors (Lipinski definition) is 2. The molecule has 0 aromatic heterocycles. The first-order valence-electron chi connectivity index (χ1n) is 6.01.